The summed E-state index contributed by atoms with van der Waals surface area (Å²) in [5.74, 6) is 0.863. The quantitative estimate of drug-likeness (QED) is 0.752. The maximum Gasteiger partial charge on any atom is 0.246 e. The van der Waals surface area contributed by atoms with E-state index in [0.29, 0.717) is 23.1 Å². The topological polar surface area (TPSA) is 56.6 Å². The number of hydrogen-bond donors (Lipinski definition) is 0. The van der Waals surface area contributed by atoms with E-state index in [1.165, 1.54) is 20.3 Å². The van der Waals surface area contributed by atoms with Gasteiger partial charge in [-0.3, -0.25) is 9.48 Å². The molecule has 0 bridgehead atoms. The van der Waals surface area contributed by atoms with Crippen molar-refractivity contribution in [3.63, 3.8) is 0 Å². The molecule has 1 heterocycles. The second kappa shape index (κ2) is 7.88. The average Bonchev–Trinajstić information content (AvgIpc) is 2.96. The van der Waals surface area contributed by atoms with Crippen LogP contribution in [0.15, 0.2) is 30.6 Å². The van der Waals surface area contributed by atoms with Crippen LogP contribution in [0.1, 0.15) is 11.1 Å². The number of aromatic nitrogens is 2. The smallest absolute Gasteiger partial charge is 0.246 e. The van der Waals surface area contributed by atoms with Crippen molar-refractivity contribution in [3.05, 3.63) is 46.8 Å². The van der Waals surface area contributed by atoms with Crippen LogP contribution < -0.4 is 9.47 Å². The Kier molecular flexibility index (Phi) is 5.87. The monoisotopic (exact) mass is 349 g/mol. The van der Waals surface area contributed by atoms with E-state index in [-0.39, 0.29) is 5.91 Å². The van der Waals surface area contributed by atoms with Crippen LogP contribution >= 0.6 is 11.6 Å². The van der Waals surface area contributed by atoms with Gasteiger partial charge in [0.15, 0.2) is 11.5 Å². The van der Waals surface area contributed by atoms with E-state index in [1.807, 2.05) is 13.2 Å². The molecule has 128 valence electrons. The van der Waals surface area contributed by atoms with E-state index in [0.717, 1.165) is 11.1 Å². The molecule has 24 heavy (non-hydrogen) atoms. The van der Waals surface area contributed by atoms with Gasteiger partial charge in [-0.1, -0.05) is 11.6 Å². The summed E-state index contributed by atoms with van der Waals surface area (Å²) in [4.78, 5) is 13.8. The van der Waals surface area contributed by atoms with Gasteiger partial charge in [0.2, 0.25) is 5.91 Å². The Morgan fingerprint density at radius 1 is 1.38 bits per heavy atom. The van der Waals surface area contributed by atoms with Crippen LogP contribution in [0, 0.1) is 0 Å². The van der Waals surface area contributed by atoms with Crippen molar-refractivity contribution in [3.8, 4) is 11.5 Å². The third-order valence-electron chi connectivity index (χ3n) is 3.43. The SMILES string of the molecule is COc1cc(/C=C/C(=O)N(C)Cc2cnn(C)c2)cc(Cl)c1OC. The lowest BCUT2D eigenvalue weighted by molar-refractivity contribution is -0.125. The lowest BCUT2D eigenvalue weighted by atomic mass is 10.2. The first-order chi connectivity index (χ1) is 11.4. The minimum Gasteiger partial charge on any atom is -0.493 e. The van der Waals surface area contributed by atoms with E-state index < -0.39 is 0 Å². The second-order valence-electron chi connectivity index (χ2n) is 5.29. The molecule has 0 N–H and O–H groups in total. The van der Waals surface area contributed by atoms with Gasteiger partial charge in [0, 0.05) is 38.5 Å². The Balaban J connectivity index is 2.09. The molecular formula is C17H20ClN3O3. The van der Waals surface area contributed by atoms with Crippen molar-refractivity contribution in [2.75, 3.05) is 21.3 Å². The Hall–Kier alpha value is -2.47. The zero-order valence-corrected chi connectivity index (χ0v) is 14.9. The predicted molar refractivity (Wildman–Crippen MR) is 93.3 cm³/mol. The molecule has 2 rings (SSSR count). The lowest BCUT2D eigenvalue weighted by Gasteiger charge is -2.14. The van der Waals surface area contributed by atoms with Gasteiger partial charge >= 0.3 is 0 Å². The molecule has 0 saturated heterocycles. The fourth-order valence-corrected chi connectivity index (χ4v) is 2.53. The van der Waals surface area contributed by atoms with E-state index in [4.69, 9.17) is 21.1 Å². The summed E-state index contributed by atoms with van der Waals surface area (Å²) in [5, 5.41) is 4.51. The van der Waals surface area contributed by atoms with E-state index in [9.17, 15) is 4.79 Å². The number of carbonyl (C=O) groups is 1. The molecule has 0 aliphatic heterocycles. The standard InChI is InChI=1S/C17H20ClN3O3/c1-20(10-13-9-19-21(2)11-13)16(22)6-5-12-7-14(18)17(24-4)15(8-12)23-3/h5-9,11H,10H2,1-4H3/b6-5+. The van der Waals surface area contributed by atoms with Crippen LogP contribution in [0.3, 0.4) is 0 Å². The third-order valence-corrected chi connectivity index (χ3v) is 3.71. The van der Waals surface area contributed by atoms with Crippen molar-refractivity contribution in [2.45, 2.75) is 6.54 Å². The molecule has 0 spiro atoms. The van der Waals surface area contributed by atoms with Gasteiger partial charge in [0.25, 0.3) is 0 Å². The number of amides is 1. The van der Waals surface area contributed by atoms with Crippen LogP contribution in [0.4, 0.5) is 0 Å². The first-order valence-electron chi connectivity index (χ1n) is 7.26. The van der Waals surface area contributed by atoms with Gasteiger partial charge in [-0.25, -0.2) is 0 Å². The fourth-order valence-electron chi connectivity index (χ4n) is 2.23. The maximum atomic E-state index is 12.2. The Bertz CT molecular complexity index is 756. The summed E-state index contributed by atoms with van der Waals surface area (Å²) < 4.78 is 12.1. The summed E-state index contributed by atoms with van der Waals surface area (Å²) in [6.45, 7) is 0.490. The van der Waals surface area contributed by atoms with Gasteiger partial charge in [0.1, 0.15) is 0 Å². The molecule has 0 fully saturated rings. The number of halogens is 1. The number of carbonyl (C=O) groups excluding carboxylic acids is 1. The van der Waals surface area contributed by atoms with Crippen molar-refractivity contribution >= 4 is 23.6 Å². The zero-order chi connectivity index (χ0) is 17.7. The van der Waals surface area contributed by atoms with Crippen LogP contribution in [0.25, 0.3) is 6.08 Å². The van der Waals surface area contributed by atoms with Gasteiger partial charge in [-0.2, -0.15) is 5.10 Å². The molecule has 0 radical (unpaired) electrons. The molecule has 0 aliphatic carbocycles. The van der Waals surface area contributed by atoms with Crippen molar-refractivity contribution < 1.29 is 14.3 Å². The lowest BCUT2D eigenvalue weighted by Crippen LogP contribution is -2.23. The van der Waals surface area contributed by atoms with Gasteiger partial charge in [-0.15, -0.1) is 0 Å². The number of likely N-dealkylation sites (N-methyl/N-ethyl adjacent to an activating group) is 1. The number of hydrogen-bond acceptors (Lipinski definition) is 4. The summed E-state index contributed by atoms with van der Waals surface area (Å²) in [7, 11) is 6.64. The van der Waals surface area contributed by atoms with E-state index >= 15 is 0 Å². The van der Waals surface area contributed by atoms with Crippen molar-refractivity contribution in [1.82, 2.24) is 14.7 Å². The number of nitrogens with zero attached hydrogens (tertiary/aromatic N) is 3. The van der Waals surface area contributed by atoms with Crippen LogP contribution in [-0.2, 0) is 18.4 Å². The van der Waals surface area contributed by atoms with Crippen molar-refractivity contribution in [1.29, 1.82) is 0 Å². The molecule has 0 saturated carbocycles. The molecular weight excluding hydrogens is 330 g/mol. The highest BCUT2D eigenvalue weighted by Crippen LogP contribution is 2.36. The summed E-state index contributed by atoms with van der Waals surface area (Å²) >= 11 is 6.16. The zero-order valence-electron chi connectivity index (χ0n) is 14.1. The maximum absolute atomic E-state index is 12.2. The molecule has 6 nitrogen and oxygen atoms in total. The predicted octanol–water partition coefficient (Wildman–Crippen LogP) is 2.76. The van der Waals surface area contributed by atoms with Crippen LogP contribution in [0.2, 0.25) is 5.02 Å². The van der Waals surface area contributed by atoms with Crippen molar-refractivity contribution in [2.24, 2.45) is 7.05 Å². The molecule has 1 aromatic carbocycles. The first kappa shape index (κ1) is 17.9. The summed E-state index contributed by atoms with van der Waals surface area (Å²) in [5.41, 5.74) is 1.72. The van der Waals surface area contributed by atoms with E-state index in [2.05, 4.69) is 5.10 Å². The number of benzene rings is 1. The number of ether oxygens (including phenoxy) is 2. The van der Waals surface area contributed by atoms with Crippen LogP contribution in [-0.4, -0.2) is 41.9 Å². The Morgan fingerprint density at radius 2 is 2.12 bits per heavy atom. The second-order valence-corrected chi connectivity index (χ2v) is 5.70. The minimum absolute atomic E-state index is 0.121. The highest BCUT2D eigenvalue weighted by Gasteiger charge is 2.11. The average molecular weight is 350 g/mol. The number of aryl methyl sites for hydroxylation is 1. The largest absolute Gasteiger partial charge is 0.493 e. The molecule has 0 aliphatic rings. The first-order valence-corrected chi connectivity index (χ1v) is 7.64. The Labute approximate surface area is 146 Å². The third kappa shape index (κ3) is 4.29. The molecule has 2 aromatic rings. The fraction of sp³-hybridized carbons (Fsp3) is 0.294. The van der Waals surface area contributed by atoms with Gasteiger partial charge in [-0.05, 0) is 23.8 Å². The molecule has 7 heteroatoms. The normalized spacial score (nSPS) is 10.9. The van der Waals surface area contributed by atoms with Gasteiger partial charge < -0.3 is 14.4 Å². The van der Waals surface area contributed by atoms with E-state index in [1.54, 1.807) is 41.0 Å². The summed E-state index contributed by atoms with van der Waals surface area (Å²) in [6, 6.07) is 3.48. The highest BCUT2D eigenvalue weighted by molar-refractivity contribution is 6.32. The minimum atomic E-state index is -0.121. The molecule has 1 amide bonds. The molecule has 0 atom stereocenters. The molecule has 1 aromatic heterocycles. The summed E-state index contributed by atoms with van der Waals surface area (Å²) in [6.07, 6.45) is 6.80. The highest BCUT2D eigenvalue weighted by atomic mass is 35.5. The number of methoxy groups -OCH3 is 2. The molecule has 0 unspecified atom stereocenters. The van der Waals surface area contributed by atoms with Gasteiger partial charge in [0.05, 0.1) is 25.4 Å². The van der Waals surface area contributed by atoms with Crippen LogP contribution in [0.5, 0.6) is 11.5 Å². The number of rotatable bonds is 6. The Morgan fingerprint density at radius 3 is 2.71 bits per heavy atom.